The van der Waals surface area contributed by atoms with Crippen LogP contribution in [0.15, 0.2) is 54.6 Å². The number of aryl methyl sites for hydroxylation is 1. The molecule has 1 unspecified atom stereocenters. The summed E-state index contributed by atoms with van der Waals surface area (Å²) in [5.41, 5.74) is 8.60. The molecular formula is C18H22N2O. The number of benzene rings is 2. The molecule has 0 fully saturated rings. The second-order valence-corrected chi connectivity index (χ2v) is 5.21. The van der Waals surface area contributed by atoms with Crippen molar-refractivity contribution in [2.24, 2.45) is 5.73 Å². The van der Waals surface area contributed by atoms with E-state index in [2.05, 4.69) is 11.4 Å². The third-order valence-corrected chi connectivity index (χ3v) is 3.56. The van der Waals surface area contributed by atoms with Gasteiger partial charge in [0.05, 0.1) is 5.92 Å². The van der Waals surface area contributed by atoms with Gasteiger partial charge in [-0.05, 0) is 49.6 Å². The Hall–Kier alpha value is -2.13. The van der Waals surface area contributed by atoms with Crippen molar-refractivity contribution in [2.45, 2.75) is 25.7 Å². The van der Waals surface area contributed by atoms with E-state index in [1.807, 2.05) is 55.5 Å². The summed E-state index contributed by atoms with van der Waals surface area (Å²) in [4.78, 5) is 12.3. The zero-order chi connectivity index (χ0) is 15.1. The molecule has 3 nitrogen and oxygen atoms in total. The summed E-state index contributed by atoms with van der Waals surface area (Å²) in [7, 11) is 0. The summed E-state index contributed by atoms with van der Waals surface area (Å²) in [6, 6.07) is 17.8. The quantitative estimate of drug-likeness (QED) is 0.854. The van der Waals surface area contributed by atoms with Crippen molar-refractivity contribution in [3.8, 4) is 0 Å². The van der Waals surface area contributed by atoms with E-state index in [9.17, 15) is 4.79 Å². The maximum atomic E-state index is 12.3. The molecule has 0 heterocycles. The molecule has 2 rings (SSSR count). The van der Waals surface area contributed by atoms with Crippen molar-refractivity contribution < 1.29 is 4.79 Å². The number of hydrogen-bond acceptors (Lipinski definition) is 2. The van der Waals surface area contributed by atoms with Gasteiger partial charge in [-0.15, -0.1) is 0 Å². The number of rotatable bonds is 6. The Morgan fingerprint density at radius 1 is 1.14 bits per heavy atom. The van der Waals surface area contributed by atoms with Crippen LogP contribution in [-0.4, -0.2) is 12.5 Å². The fourth-order valence-electron chi connectivity index (χ4n) is 2.25. The fourth-order valence-corrected chi connectivity index (χ4v) is 2.25. The van der Waals surface area contributed by atoms with Gasteiger partial charge in [-0.25, -0.2) is 0 Å². The zero-order valence-electron chi connectivity index (χ0n) is 12.4. The Morgan fingerprint density at radius 3 is 2.62 bits per heavy atom. The van der Waals surface area contributed by atoms with E-state index in [4.69, 9.17) is 5.73 Å². The van der Waals surface area contributed by atoms with Crippen molar-refractivity contribution in [1.29, 1.82) is 0 Å². The van der Waals surface area contributed by atoms with Gasteiger partial charge < -0.3 is 11.1 Å². The molecule has 0 aliphatic heterocycles. The number of nitrogens with one attached hydrogen (secondary N) is 1. The summed E-state index contributed by atoms with van der Waals surface area (Å²) in [5, 5.41) is 2.99. The average Bonchev–Trinajstić information content (AvgIpc) is 2.53. The van der Waals surface area contributed by atoms with Gasteiger partial charge in [0.2, 0.25) is 5.91 Å². The van der Waals surface area contributed by atoms with Crippen LogP contribution in [0.2, 0.25) is 0 Å². The maximum absolute atomic E-state index is 12.3. The number of carbonyl (C=O) groups excluding carboxylic acids is 1. The lowest BCUT2D eigenvalue weighted by atomic mass is 10.0. The van der Waals surface area contributed by atoms with E-state index >= 15 is 0 Å². The second kappa shape index (κ2) is 7.60. The van der Waals surface area contributed by atoms with Crippen LogP contribution in [0.5, 0.6) is 0 Å². The van der Waals surface area contributed by atoms with Crippen LogP contribution in [0.4, 0.5) is 5.69 Å². The SMILES string of the molecule is CC(C(=O)Nc1cccc(CCCN)c1)c1ccccc1. The fraction of sp³-hybridized carbons (Fsp3) is 0.278. The highest BCUT2D eigenvalue weighted by molar-refractivity contribution is 5.95. The molecule has 0 bridgehead atoms. The van der Waals surface area contributed by atoms with Crippen molar-refractivity contribution in [3.05, 3.63) is 65.7 Å². The summed E-state index contributed by atoms with van der Waals surface area (Å²) in [6.45, 7) is 2.60. The minimum atomic E-state index is -0.168. The normalized spacial score (nSPS) is 11.9. The van der Waals surface area contributed by atoms with Crippen molar-refractivity contribution in [2.75, 3.05) is 11.9 Å². The largest absolute Gasteiger partial charge is 0.330 e. The lowest BCUT2D eigenvalue weighted by molar-refractivity contribution is -0.117. The first-order valence-electron chi connectivity index (χ1n) is 7.35. The lowest BCUT2D eigenvalue weighted by Gasteiger charge is -2.13. The van der Waals surface area contributed by atoms with Gasteiger partial charge >= 0.3 is 0 Å². The molecule has 3 heteroatoms. The van der Waals surface area contributed by atoms with Gasteiger partial charge in [0.25, 0.3) is 0 Å². The van der Waals surface area contributed by atoms with Crippen LogP contribution in [0.1, 0.15) is 30.4 Å². The van der Waals surface area contributed by atoms with Crippen molar-refractivity contribution >= 4 is 11.6 Å². The minimum Gasteiger partial charge on any atom is -0.330 e. The van der Waals surface area contributed by atoms with E-state index in [-0.39, 0.29) is 11.8 Å². The molecule has 0 aromatic heterocycles. The first-order valence-corrected chi connectivity index (χ1v) is 7.35. The van der Waals surface area contributed by atoms with Gasteiger partial charge in [-0.3, -0.25) is 4.79 Å². The topological polar surface area (TPSA) is 55.1 Å². The monoisotopic (exact) mass is 282 g/mol. The van der Waals surface area contributed by atoms with Crippen LogP contribution in [0.3, 0.4) is 0 Å². The number of carbonyl (C=O) groups is 1. The number of nitrogens with two attached hydrogens (primary N) is 1. The van der Waals surface area contributed by atoms with E-state index in [1.54, 1.807) is 0 Å². The molecular weight excluding hydrogens is 260 g/mol. The summed E-state index contributed by atoms with van der Waals surface area (Å²) in [5.74, 6) is -0.156. The second-order valence-electron chi connectivity index (χ2n) is 5.21. The molecule has 1 atom stereocenters. The molecule has 0 spiro atoms. The van der Waals surface area contributed by atoms with Crippen LogP contribution in [0, 0.1) is 0 Å². The molecule has 110 valence electrons. The highest BCUT2D eigenvalue weighted by atomic mass is 16.1. The number of amides is 1. The Kier molecular flexibility index (Phi) is 5.52. The molecule has 0 aliphatic rings. The first-order chi connectivity index (χ1) is 10.2. The van der Waals surface area contributed by atoms with Crippen LogP contribution >= 0.6 is 0 Å². The molecule has 21 heavy (non-hydrogen) atoms. The molecule has 1 amide bonds. The first kappa shape index (κ1) is 15.3. The van der Waals surface area contributed by atoms with Gasteiger partial charge in [0.1, 0.15) is 0 Å². The average molecular weight is 282 g/mol. The number of hydrogen-bond donors (Lipinski definition) is 2. The molecule has 2 aromatic rings. The zero-order valence-corrected chi connectivity index (χ0v) is 12.4. The standard InChI is InChI=1S/C18H22N2O/c1-14(16-9-3-2-4-10-16)18(21)20-17-11-5-7-15(13-17)8-6-12-19/h2-5,7,9-11,13-14H,6,8,12,19H2,1H3,(H,20,21). The van der Waals surface area contributed by atoms with E-state index < -0.39 is 0 Å². The van der Waals surface area contributed by atoms with E-state index in [0.717, 1.165) is 24.1 Å². The van der Waals surface area contributed by atoms with E-state index in [0.29, 0.717) is 6.54 Å². The Balaban J connectivity index is 2.02. The lowest BCUT2D eigenvalue weighted by Crippen LogP contribution is -2.18. The molecule has 0 aliphatic carbocycles. The van der Waals surface area contributed by atoms with Gasteiger partial charge in [-0.1, -0.05) is 42.5 Å². The Bertz CT molecular complexity index is 581. The smallest absolute Gasteiger partial charge is 0.231 e. The third kappa shape index (κ3) is 4.43. The predicted molar refractivity (Wildman–Crippen MR) is 87.3 cm³/mol. The van der Waals surface area contributed by atoms with Crippen molar-refractivity contribution in [1.82, 2.24) is 0 Å². The highest BCUT2D eigenvalue weighted by Gasteiger charge is 2.14. The maximum Gasteiger partial charge on any atom is 0.231 e. The van der Waals surface area contributed by atoms with Gasteiger partial charge in [-0.2, -0.15) is 0 Å². The third-order valence-electron chi connectivity index (χ3n) is 3.56. The van der Waals surface area contributed by atoms with Gasteiger partial charge in [0.15, 0.2) is 0 Å². The molecule has 0 saturated carbocycles. The van der Waals surface area contributed by atoms with Crippen molar-refractivity contribution in [3.63, 3.8) is 0 Å². The minimum absolute atomic E-state index is 0.0113. The molecule has 2 aromatic carbocycles. The van der Waals surface area contributed by atoms with Crippen LogP contribution in [0.25, 0.3) is 0 Å². The van der Waals surface area contributed by atoms with Crippen LogP contribution < -0.4 is 11.1 Å². The highest BCUT2D eigenvalue weighted by Crippen LogP contribution is 2.18. The summed E-state index contributed by atoms with van der Waals surface area (Å²) < 4.78 is 0. The predicted octanol–water partition coefficient (Wildman–Crippen LogP) is 3.32. The molecule has 3 N–H and O–H groups in total. The number of anilines is 1. The molecule has 0 saturated heterocycles. The summed E-state index contributed by atoms with van der Waals surface area (Å²) >= 11 is 0. The Labute approximate surface area is 126 Å². The molecule has 0 radical (unpaired) electrons. The Morgan fingerprint density at radius 2 is 1.90 bits per heavy atom. The summed E-state index contributed by atoms with van der Waals surface area (Å²) in [6.07, 6.45) is 1.90. The van der Waals surface area contributed by atoms with E-state index in [1.165, 1.54) is 5.56 Å². The van der Waals surface area contributed by atoms with Gasteiger partial charge in [0, 0.05) is 5.69 Å². The van der Waals surface area contributed by atoms with Crippen LogP contribution in [-0.2, 0) is 11.2 Å².